The number of methoxy groups -OCH3 is 1. The van der Waals surface area contributed by atoms with Crippen LogP contribution in [0.2, 0.25) is 0 Å². The summed E-state index contributed by atoms with van der Waals surface area (Å²) in [7, 11) is 1.39. The predicted molar refractivity (Wildman–Crippen MR) is 93.6 cm³/mol. The second kappa shape index (κ2) is 7.76. The number of carbonyl (C=O) groups excluding carboxylic acids is 2. The molecule has 0 aliphatic rings. The fourth-order valence-electron chi connectivity index (χ4n) is 3.07. The van der Waals surface area contributed by atoms with Crippen molar-refractivity contribution in [2.24, 2.45) is 11.3 Å². The van der Waals surface area contributed by atoms with E-state index in [1.165, 1.54) is 12.7 Å². The lowest BCUT2D eigenvalue weighted by molar-refractivity contribution is -0.144. The number of hydrogen-bond acceptors (Lipinski definition) is 3. The van der Waals surface area contributed by atoms with Crippen molar-refractivity contribution < 1.29 is 14.3 Å². The summed E-state index contributed by atoms with van der Waals surface area (Å²) in [5.41, 5.74) is 4.29. The molecule has 0 bridgehead atoms. The Kier molecular flexibility index (Phi) is 6.55. The quantitative estimate of drug-likeness (QED) is 0.702. The van der Waals surface area contributed by atoms with Crippen LogP contribution in [0.25, 0.3) is 0 Å². The van der Waals surface area contributed by atoms with Gasteiger partial charge in [-0.05, 0) is 48.8 Å². The Morgan fingerprint density at radius 2 is 1.61 bits per heavy atom. The first kappa shape index (κ1) is 19.4. The molecule has 0 spiro atoms. The van der Waals surface area contributed by atoms with Gasteiger partial charge in [-0.1, -0.05) is 38.5 Å². The first-order valence-electron chi connectivity index (χ1n) is 8.24. The van der Waals surface area contributed by atoms with Crippen molar-refractivity contribution in [2.45, 2.75) is 60.8 Å². The van der Waals surface area contributed by atoms with Gasteiger partial charge in [0.2, 0.25) is 0 Å². The lowest BCUT2D eigenvalue weighted by atomic mass is 9.72. The highest BCUT2D eigenvalue weighted by molar-refractivity contribution is 5.83. The van der Waals surface area contributed by atoms with Crippen molar-refractivity contribution in [3.8, 4) is 0 Å². The van der Waals surface area contributed by atoms with Gasteiger partial charge in [0.15, 0.2) is 0 Å². The maximum atomic E-state index is 12.6. The summed E-state index contributed by atoms with van der Waals surface area (Å²) >= 11 is 0. The lowest BCUT2D eigenvalue weighted by Crippen LogP contribution is -2.31. The third-order valence-corrected chi connectivity index (χ3v) is 4.99. The summed E-state index contributed by atoms with van der Waals surface area (Å²) in [6, 6.07) is 4.23. The van der Waals surface area contributed by atoms with E-state index in [2.05, 4.69) is 46.8 Å². The van der Waals surface area contributed by atoms with Gasteiger partial charge in [0, 0.05) is 12.8 Å². The molecular weight excluding hydrogens is 288 g/mol. The molecule has 0 saturated carbocycles. The molecule has 23 heavy (non-hydrogen) atoms. The highest BCUT2D eigenvalue weighted by atomic mass is 16.5. The van der Waals surface area contributed by atoms with Crippen LogP contribution in [0.15, 0.2) is 12.1 Å². The molecule has 0 saturated heterocycles. The van der Waals surface area contributed by atoms with E-state index in [4.69, 9.17) is 4.74 Å². The van der Waals surface area contributed by atoms with Gasteiger partial charge < -0.3 is 4.74 Å². The molecule has 0 heterocycles. The zero-order chi connectivity index (χ0) is 17.8. The van der Waals surface area contributed by atoms with Gasteiger partial charge in [0.25, 0.3) is 0 Å². The molecule has 0 radical (unpaired) electrons. The van der Waals surface area contributed by atoms with Crippen LogP contribution in [0, 0.1) is 32.1 Å². The van der Waals surface area contributed by atoms with Crippen LogP contribution in [0.1, 0.15) is 55.9 Å². The van der Waals surface area contributed by atoms with E-state index in [1.807, 2.05) is 6.92 Å². The maximum Gasteiger partial charge on any atom is 0.306 e. The fraction of sp³-hybridized carbons (Fsp3) is 0.600. The van der Waals surface area contributed by atoms with Gasteiger partial charge in [-0.3, -0.25) is 9.59 Å². The Labute approximate surface area is 140 Å². The average molecular weight is 318 g/mol. The molecule has 1 atom stereocenters. The zero-order valence-electron chi connectivity index (χ0n) is 15.6. The van der Waals surface area contributed by atoms with E-state index in [9.17, 15) is 9.59 Å². The van der Waals surface area contributed by atoms with Crippen molar-refractivity contribution >= 4 is 11.8 Å². The topological polar surface area (TPSA) is 43.4 Å². The zero-order valence-corrected chi connectivity index (χ0v) is 15.6. The molecular formula is C20H30O3. The Morgan fingerprint density at radius 1 is 1.09 bits per heavy atom. The predicted octanol–water partition coefficient (Wildman–Crippen LogP) is 4.34. The van der Waals surface area contributed by atoms with E-state index < -0.39 is 0 Å². The molecule has 0 aliphatic heterocycles. The van der Waals surface area contributed by atoms with Crippen molar-refractivity contribution in [1.82, 2.24) is 0 Å². The summed E-state index contributed by atoms with van der Waals surface area (Å²) in [4.78, 5) is 24.3. The minimum Gasteiger partial charge on any atom is -0.469 e. The SMILES string of the molecule is COC(=O)CC(C)(CC(=O)Cc1c(C)cc(C)cc1C)C(C)C. The van der Waals surface area contributed by atoms with Crippen LogP contribution in [0.4, 0.5) is 0 Å². The highest BCUT2D eigenvalue weighted by Crippen LogP contribution is 2.36. The normalized spacial score (nSPS) is 13.7. The number of aryl methyl sites for hydroxylation is 3. The van der Waals surface area contributed by atoms with E-state index in [-0.39, 0.29) is 29.5 Å². The lowest BCUT2D eigenvalue weighted by Gasteiger charge is -2.32. The van der Waals surface area contributed by atoms with Gasteiger partial charge in [-0.25, -0.2) is 0 Å². The standard InChI is InChI=1S/C20H30O3/c1-13(2)20(6,12-19(22)23-7)11-17(21)10-18-15(4)8-14(3)9-16(18)5/h8-9,13H,10-12H2,1-7H3. The Morgan fingerprint density at radius 3 is 2.04 bits per heavy atom. The van der Waals surface area contributed by atoms with E-state index >= 15 is 0 Å². The Hall–Kier alpha value is -1.64. The van der Waals surface area contributed by atoms with Gasteiger partial charge in [0.1, 0.15) is 5.78 Å². The molecule has 1 aromatic carbocycles. The van der Waals surface area contributed by atoms with E-state index in [1.54, 1.807) is 0 Å². The van der Waals surface area contributed by atoms with Crippen molar-refractivity contribution in [3.63, 3.8) is 0 Å². The van der Waals surface area contributed by atoms with Crippen LogP contribution < -0.4 is 0 Å². The van der Waals surface area contributed by atoms with Gasteiger partial charge >= 0.3 is 5.97 Å². The fourth-order valence-corrected chi connectivity index (χ4v) is 3.07. The van der Waals surface area contributed by atoms with E-state index in [0.717, 1.165) is 16.7 Å². The number of esters is 1. The maximum absolute atomic E-state index is 12.6. The third-order valence-electron chi connectivity index (χ3n) is 4.99. The number of Topliss-reactive ketones (excluding diaryl/α,β-unsaturated/α-hetero) is 1. The minimum atomic E-state index is -0.364. The summed E-state index contributed by atoms with van der Waals surface area (Å²) in [5.74, 6) is 0.155. The summed E-state index contributed by atoms with van der Waals surface area (Å²) in [6.45, 7) is 12.3. The molecule has 0 aromatic heterocycles. The van der Waals surface area contributed by atoms with Gasteiger partial charge in [-0.15, -0.1) is 0 Å². The number of carbonyl (C=O) groups is 2. The van der Waals surface area contributed by atoms with Crippen LogP contribution >= 0.6 is 0 Å². The van der Waals surface area contributed by atoms with Crippen molar-refractivity contribution in [2.75, 3.05) is 7.11 Å². The molecule has 0 N–H and O–H groups in total. The van der Waals surface area contributed by atoms with Gasteiger partial charge in [-0.2, -0.15) is 0 Å². The molecule has 1 aromatic rings. The average Bonchev–Trinajstić information content (AvgIpc) is 2.42. The smallest absolute Gasteiger partial charge is 0.306 e. The number of ether oxygens (including phenoxy) is 1. The van der Waals surface area contributed by atoms with Crippen molar-refractivity contribution in [1.29, 1.82) is 0 Å². The van der Waals surface area contributed by atoms with Crippen molar-refractivity contribution in [3.05, 3.63) is 34.4 Å². The second-order valence-corrected chi connectivity index (χ2v) is 7.33. The van der Waals surface area contributed by atoms with Crippen LogP contribution in [-0.4, -0.2) is 18.9 Å². The van der Waals surface area contributed by atoms with Crippen LogP contribution in [-0.2, 0) is 20.7 Å². The molecule has 0 fully saturated rings. The first-order valence-corrected chi connectivity index (χ1v) is 8.24. The molecule has 3 nitrogen and oxygen atoms in total. The molecule has 0 aliphatic carbocycles. The largest absolute Gasteiger partial charge is 0.469 e. The second-order valence-electron chi connectivity index (χ2n) is 7.33. The highest BCUT2D eigenvalue weighted by Gasteiger charge is 2.34. The summed E-state index contributed by atoms with van der Waals surface area (Å²) in [6.07, 6.45) is 1.10. The molecule has 1 unspecified atom stereocenters. The van der Waals surface area contributed by atoms with E-state index in [0.29, 0.717) is 12.8 Å². The first-order chi connectivity index (χ1) is 10.6. The molecule has 3 heteroatoms. The molecule has 1 rings (SSSR count). The minimum absolute atomic E-state index is 0.181. The summed E-state index contributed by atoms with van der Waals surface area (Å²) < 4.78 is 4.80. The number of rotatable bonds is 7. The third kappa shape index (κ3) is 5.19. The van der Waals surface area contributed by atoms with Crippen LogP contribution in [0.5, 0.6) is 0 Å². The number of hydrogen-bond donors (Lipinski definition) is 0. The van der Waals surface area contributed by atoms with Gasteiger partial charge in [0.05, 0.1) is 13.5 Å². The van der Waals surface area contributed by atoms with Crippen LogP contribution in [0.3, 0.4) is 0 Å². The number of ketones is 1. The molecule has 128 valence electrons. The Balaban J connectivity index is 2.91. The number of benzene rings is 1. The summed E-state index contributed by atoms with van der Waals surface area (Å²) in [5, 5.41) is 0. The monoisotopic (exact) mass is 318 g/mol. The Bertz CT molecular complexity index is 564. The molecule has 0 amide bonds.